The van der Waals surface area contributed by atoms with Crippen molar-refractivity contribution < 1.29 is 9.47 Å². The lowest BCUT2D eigenvalue weighted by molar-refractivity contribution is -0.113. The summed E-state index contributed by atoms with van der Waals surface area (Å²) in [7, 11) is 1.60. The maximum atomic E-state index is 5.23. The Hall–Kier alpha value is -1.01. The van der Waals surface area contributed by atoms with Crippen molar-refractivity contribution in [3.63, 3.8) is 0 Å². The zero-order valence-electron chi connectivity index (χ0n) is 7.17. The number of aromatic nitrogens is 4. The van der Waals surface area contributed by atoms with Gasteiger partial charge < -0.3 is 9.47 Å². The molecule has 68 valence electrons. The first-order valence-corrected chi connectivity index (χ1v) is 3.68. The smallest absolute Gasteiger partial charge is 0.154 e. The van der Waals surface area contributed by atoms with Crippen molar-refractivity contribution in [2.24, 2.45) is 0 Å². The van der Waals surface area contributed by atoms with Crippen molar-refractivity contribution in [2.75, 3.05) is 13.7 Å². The molecule has 0 bridgehead atoms. The SMILES string of the molecule is COC(C)OCCn1cnnn1. The highest BCUT2D eigenvalue weighted by atomic mass is 16.7. The van der Waals surface area contributed by atoms with Gasteiger partial charge in [-0.15, -0.1) is 5.10 Å². The molecular formula is C6H12N4O2. The average Bonchev–Trinajstić information content (AvgIpc) is 2.57. The molecule has 12 heavy (non-hydrogen) atoms. The highest BCUT2D eigenvalue weighted by Gasteiger charge is 1.98. The van der Waals surface area contributed by atoms with E-state index in [9.17, 15) is 0 Å². The molecular weight excluding hydrogens is 160 g/mol. The molecule has 0 aliphatic carbocycles. The van der Waals surface area contributed by atoms with Crippen molar-refractivity contribution in [3.05, 3.63) is 6.33 Å². The van der Waals surface area contributed by atoms with E-state index >= 15 is 0 Å². The number of ether oxygens (including phenoxy) is 2. The summed E-state index contributed by atoms with van der Waals surface area (Å²) in [5.41, 5.74) is 0. The highest BCUT2D eigenvalue weighted by molar-refractivity contribution is 4.45. The van der Waals surface area contributed by atoms with Crippen LogP contribution in [0.25, 0.3) is 0 Å². The normalized spacial score (nSPS) is 13.2. The van der Waals surface area contributed by atoms with Gasteiger partial charge in [0.25, 0.3) is 0 Å². The van der Waals surface area contributed by atoms with Crippen LogP contribution in [0.2, 0.25) is 0 Å². The molecule has 0 radical (unpaired) electrons. The molecule has 1 atom stereocenters. The second-order valence-corrected chi connectivity index (χ2v) is 2.25. The Morgan fingerprint density at radius 1 is 1.58 bits per heavy atom. The molecule has 0 amide bonds. The first-order chi connectivity index (χ1) is 5.83. The summed E-state index contributed by atoms with van der Waals surface area (Å²) in [5.74, 6) is 0. The van der Waals surface area contributed by atoms with Gasteiger partial charge in [0, 0.05) is 7.11 Å². The van der Waals surface area contributed by atoms with E-state index in [2.05, 4.69) is 15.5 Å². The average molecular weight is 172 g/mol. The van der Waals surface area contributed by atoms with Gasteiger partial charge in [0.15, 0.2) is 6.29 Å². The van der Waals surface area contributed by atoms with Crippen LogP contribution >= 0.6 is 0 Å². The van der Waals surface area contributed by atoms with E-state index in [1.807, 2.05) is 6.92 Å². The predicted molar refractivity (Wildman–Crippen MR) is 40.2 cm³/mol. The lowest BCUT2D eigenvalue weighted by Crippen LogP contribution is -2.15. The van der Waals surface area contributed by atoms with Crippen LogP contribution in [-0.4, -0.2) is 40.2 Å². The Kier molecular flexibility index (Phi) is 3.62. The quantitative estimate of drug-likeness (QED) is 0.570. The van der Waals surface area contributed by atoms with Crippen LogP contribution in [-0.2, 0) is 16.0 Å². The van der Waals surface area contributed by atoms with Crippen molar-refractivity contribution >= 4 is 0 Å². The Morgan fingerprint density at radius 2 is 2.42 bits per heavy atom. The summed E-state index contributed by atoms with van der Waals surface area (Å²) in [6, 6.07) is 0. The molecule has 0 saturated heterocycles. The van der Waals surface area contributed by atoms with Crippen LogP contribution in [0.4, 0.5) is 0 Å². The molecule has 1 rings (SSSR count). The number of tetrazole rings is 1. The molecule has 6 nitrogen and oxygen atoms in total. The molecule has 6 heteroatoms. The molecule has 0 N–H and O–H groups in total. The Morgan fingerprint density at radius 3 is 3.00 bits per heavy atom. The largest absolute Gasteiger partial charge is 0.356 e. The van der Waals surface area contributed by atoms with E-state index in [1.54, 1.807) is 18.1 Å². The topological polar surface area (TPSA) is 62.1 Å². The lowest BCUT2D eigenvalue weighted by Gasteiger charge is -2.09. The first kappa shape index (κ1) is 9.08. The number of rotatable bonds is 5. The van der Waals surface area contributed by atoms with Gasteiger partial charge in [0.1, 0.15) is 6.33 Å². The monoisotopic (exact) mass is 172 g/mol. The van der Waals surface area contributed by atoms with Gasteiger partial charge in [-0.1, -0.05) is 0 Å². The second-order valence-electron chi connectivity index (χ2n) is 2.25. The fourth-order valence-corrected chi connectivity index (χ4v) is 0.663. The molecule has 1 unspecified atom stereocenters. The molecule has 0 fully saturated rings. The van der Waals surface area contributed by atoms with Crippen LogP contribution < -0.4 is 0 Å². The lowest BCUT2D eigenvalue weighted by atomic mass is 10.6. The minimum atomic E-state index is -0.179. The summed E-state index contributed by atoms with van der Waals surface area (Å²) in [6.45, 7) is 3.01. The Bertz CT molecular complexity index is 201. The molecule has 0 aliphatic rings. The van der Waals surface area contributed by atoms with Crippen molar-refractivity contribution in [1.82, 2.24) is 20.2 Å². The maximum Gasteiger partial charge on any atom is 0.154 e. The first-order valence-electron chi connectivity index (χ1n) is 3.68. The maximum absolute atomic E-state index is 5.23. The van der Waals surface area contributed by atoms with Crippen LogP contribution in [0.5, 0.6) is 0 Å². The second kappa shape index (κ2) is 4.78. The third-order valence-corrected chi connectivity index (χ3v) is 1.40. The molecule has 0 aliphatic heterocycles. The van der Waals surface area contributed by atoms with E-state index < -0.39 is 0 Å². The van der Waals surface area contributed by atoms with Gasteiger partial charge in [0.05, 0.1) is 13.2 Å². The van der Waals surface area contributed by atoms with Gasteiger partial charge >= 0.3 is 0 Å². The van der Waals surface area contributed by atoms with Crippen LogP contribution in [0.1, 0.15) is 6.92 Å². The predicted octanol–water partition coefficient (Wildman–Crippen LogP) is -0.318. The minimum Gasteiger partial charge on any atom is -0.356 e. The molecule has 1 aromatic heterocycles. The number of methoxy groups -OCH3 is 1. The van der Waals surface area contributed by atoms with Crippen molar-refractivity contribution in [2.45, 2.75) is 19.8 Å². The standard InChI is InChI=1S/C6H12N4O2/c1-6(11-2)12-4-3-10-5-7-8-9-10/h5-6H,3-4H2,1-2H3. The fraction of sp³-hybridized carbons (Fsp3) is 0.833. The van der Waals surface area contributed by atoms with Crippen molar-refractivity contribution in [3.8, 4) is 0 Å². The Balaban J connectivity index is 2.11. The number of hydrogen-bond donors (Lipinski definition) is 0. The number of hydrogen-bond acceptors (Lipinski definition) is 5. The fourth-order valence-electron chi connectivity index (χ4n) is 0.663. The summed E-state index contributed by atoms with van der Waals surface area (Å²) < 4.78 is 11.7. The van der Waals surface area contributed by atoms with Crippen molar-refractivity contribution in [1.29, 1.82) is 0 Å². The highest BCUT2D eigenvalue weighted by Crippen LogP contribution is 1.90. The van der Waals surface area contributed by atoms with Gasteiger partial charge in [-0.3, -0.25) is 0 Å². The third-order valence-electron chi connectivity index (χ3n) is 1.40. The molecule has 1 aromatic rings. The summed E-state index contributed by atoms with van der Waals surface area (Å²) in [6.07, 6.45) is 1.36. The Labute approximate surface area is 70.5 Å². The van der Waals surface area contributed by atoms with E-state index in [-0.39, 0.29) is 6.29 Å². The molecule has 0 spiro atoms. The third kappa shape index (κ3) is 2.93. The van der Waals surface area contributed by atoms with E-state index in [0.29, 0.717) is 13.2 Å². The molecule has 0 aromatic carbocycles. The molecule has 1 heterocycles. The van der Waals surface area contributed by atoms with Gasteiger partial charge in [0.2, 0.25) is 0 Å². The number of nitrogens with zero attached hydrogens (tertiary/aromatic N) is 4. The van der Waals surface area contributed by atoms with Gasteiger partial charge in [-0.05, 0) is 17.4 Å². The summed E-state index contributed by atoms with van der Waals surface area (Å²) in [4.78, 5) is 0. The zero-order chi connectivity index (χ0) is 8.81. The van der Waals surface area contributed by atoms with Crippen LogP contribution in [0, 0.1) is 0 Å². The molecule has 0 saturated carbocycles. The summed E-state index contributed by atoms with van der Waals surface area (Å²) in [5, 5.41) is 10.6. The van der Waals surface area contributed by atoms with Gasteiger partial charge in [-0.2, -0.15) is 0 Å². The summed E-state index contributed by atoms with van der Waals surface area (Å²) >= 11 is 0. The van der Waals surface area contributed by atoms with Gasteiger partial charge in [-0.25, -0.2) is 4.68 Å². The van der Waals surface area contributed by atoms with Crippen LogP contribution in [0.3, 0.4) is 0 Å². The van der Waals surface area contributed by atoms with Crippen LogP contribution in [0.15, 0.2) is 6.33 Å². The van der Waals surface area contributed by atoms with E-state index in [0.717, 1.165) is 0 Å². The zero-order valence-corrected chi connectivity index (χ0v) is 7.17. The minimum absolute atomic E-state index is 0.179. The van der Waals surface area contributed by atoms with E-state index in [4.69, 9.17) is 9.47 Å². The van der Waals surface area contributed by atoms with E-state index in [1.165, 1.54) is 0 Å².